The second kappa shape index (κ2) is 3.39. The number of aromatic amines is 1. The van der Waals surface area contributed by atoms with E-state index in [0.29, 0.717) is 5.69 Å². The van der Waals surface area contributed by atoms with E-state index in [1.807, 2.05) is 0 Å². The Morgan fingerprint density at radius 2 is 2.33 bits per heavy atom. The van der Waals surface area contributed by atoms with Crippen LogP contribution in [0.5, 0.6) is 0 Å². The number of nitrogens with one attached hydrogen (secondary N) is 2. The first-order valence-electron chi connectivity index (χ1n) is 4.09. The van der Waals surface area contributed by atoms with Crippen LogP contribution in [0.4, 0.5) is 5.69 Å². The summed E-state index contributed by atoms with van der Waals surface area (Å²) >= 11 is 0. The van der Waals surface area contributed by atoms with E-state index in [4.69, 9.17) is 0 Å². The van der Waals surface area contributed by atoms with E-state index in [0.717, 1.165) is 0 Å². The molecule has 0 spiro atoms. The fourth-order valence-corrected chi connectivity index (χ4v) is 2.02. The van der Waals surface area contributed by atoms with Crippen molar-refractivity contribution in [1.29, 1.82) is 0 Å². The van der Waals surface area contributed by atoms with Crippen molar-refractivity contribution in [2.24, 2.45) is 7.05 Å². The number of sulfonamides is 1. The highest BCUT2D eigenvalue weighted by molar-refractivity contribution is 7.92. The first kappa shape index (κ1) is 9.71. The topological polar surface area (TPSA) is 92.7 Å². The molecular formula is C7H9N5O2S. The van der Waals surface area contributed by atoms with Gasteiger partial charge in [-0.1, -0.05) is 0 Å². The van der Waals surface area contributed by atoms with Crippen LogP contribution in [0.15, 0.2) is 29.7 Å². The van der Waals surface area contributed by atoms with Gasteiger partial charge in [0.25, 0.3) is 10.0 Å². The van der Waals surface area contributed by atoms with E-state index in [2.05, 4.69) is 20.0 Å². The van der Waals surface area contributed by atoms with Crippen molar-refractivity contribution >= 4 is 15.7 Å². The Bertz CT molecular complexity index is 542. The Balaban J connectivity index is 2.26. The molecule has 0 bridgehead atoms. The SMILES string of the molecule is Cn1cc(NS(=O)(=O)c2ccn[nH]2)cn1. The summed E-state index contributed by atoms with van der Waals surface area (Å²) in [6, 6.07) is 1.37. The Kier molecular flexibility index (Phi) is 2.19. The van der Waals surface area contributed by atoms with Crippen molar-refractivity contribution in [1.82, 2.24) is 20.0 Å². The highest BCUT2D eigenvalue weighted by Crippen LogP contribution is 2.11. The van der Waals surface area contributed by atoms with E-state index >= 15 is 0 Å². The largest absolute Gasteiger partial charge is 0.278 e. The van der Waals surface area contributed by atoms with E-state index in [1.54, 1.807) is 13.2 Å². The molecule has 2 aromatic rings. The molecule has 2 heterocycles. The predicted molar refractivity (Wildman–Crippen MR) is 52.6 cm³/mol. The van der Waals surface area contributed by atoms with Crippen LogP contribution in [0, 0.1) is 0 Å². The van der Waals surface area contributed by atoms with Gasteiger partial charge in [0.05, 0.1) is 18.1 Å². The lowest BCUT2D eigenvalue weighted by atomic mass is 10.6. The quantitative estimate of drug-likeness (QED) is 0.768. The standard InChI is InChI=1S/C7H9N5O2S/c1-12-5-6(4-9-12)11-15(13,14)7-2-3-8-10-7/h2-5,11H,1H3,(H,8,10). The zero-order valence-corrected chi connectivity index (χ0v) is 8.69. The Morgan fingerprint density at radius 1 is 1.53 bits per heavy atom. The van der Waals surface area contributed by atoms with Gasteiger partial charge in [0.2, 0.25) is 0 Å². The molecule has 0 aliphatic heterocycles. The Hall–Kier alpha value is -1.83. The normalized spacial score (nSPS) is 11.5. The summed E-state index contributed by atoms with van der Waals surface area (Å²) in [6.07, 6.45) is 4.36. The average Bonchev–Trinajstić information content (AvgIpc) is 2.75. The van der Waals surface area contributed by atoms with Crippen molar-refractivity contribution in [2.75, 3.05) is 4.72 Å². The average molecular weight is 227 g/mol. The van der Waals surface area contributed by atoms with Gasteiger partial charge < -0.3 is 0 Å². The van der Waals surface area contributed by atoms with Crippen LogP contribution in [0.1, 0.15) is 0 Å². The minimum Gasteiger partial charge on any atom is -0.275 e. The fourth-order valence-electron chi connectivity index (χ4n) is 1.08. The zero-order valence-electron chi connectivity index (χ0n) is 7.88. The van der Waals surface area contributed by atoms with Crippen LogP contribution in [0.2, 0.25) is 0 Å². The fraction of sp³-hybridized carbons (Fsp3) is 0.143. The highest BCUT2D eigenvalue weighted by atomic mass is 32.2. The lowest BCUT2D eigenvalue weighted by Crippen LogP contribution is -2.12. The number of H-pyrrole nitrogens is 1. The lowest BCUT2D eigenvalue weighted by Gasteiger charge is -2.01. The third-order valence-electron chi connectivity index (χ3n) is 1.72. The number of hydrogen-bond acceptors (Lipinski definition) is 4. The summed E-state index contributed by atoms with van der Waals surface area (Å²) in [5.41, 5.74) is 0.409. The molecule has 0 fully saturated rings. The van der Waals surface area contributed by atoms with Crippen LogP contribution in [-0.4, -0.2) is 28.4 Å². The second-order valence-corrected chi connectivity index (χ2v) is 4.58. The molecule has 0 aliphatic carbocycles. The predicted octanol–water partition coefficient (Wildman–Crippen LogP) is -0.0560. The molecule has 0 aromatic carbocycles. The van der Waals surface area contributed by atoms with Gasteiger partial charge >= 0.3 is 0 Å². The van der Waals surface area contributed by atoms with Gasteiger partial charge in [0, 0.05) is 13.2 Å². The third kappa shape index (κ3) is 1.99. The highest BCUT2D eigenvalue weighted by Gasteiger charge is 2.15. The monoisotopic (exact) mass is 227 g/mol. The molecule has 0 aliphatic rings. The summed E-state index contributed by atoms with van der Waals surface area (Å²) < 4.78 is 27.2. The van der Waals surface area contributed by atoms with Crippen LogP contribution in [0.3, 0.4) is 0 Å². The van der Waals surface area contributed by atoms with Crippen LogP contribution >= 0.6 is 0 Å². The molecular weight excluding hydrogens is 218 g/mol. The zero-order chi connectivity index (χ0) is 10.9. The molecule has 0 saturated carbocycles. The number of hydrogen-bond donors (Lipinski definition) is 2. The van der Waals surface area contributed by atoms with Gasteiger partial charge in [-0.3, -0.25) is 14.5 Å². The van der Waals surface area contributed by atoms with Crippen molar-refractivity contribution in [3.63, 3.8) is 0 Å². The second-order valence-electron chi connectivity index (χ2n) is 2.93. The lowest BCUT2D eigenvalue weighted by molar-refractivity contribution is 0.597. The molecule has 2 aromatic heterocycles. The molecule has 15 heavy (non-hydrogen) atoms. The molecule has 2 rings (SSSR count). The molecule has 0 radical (unpaired) electrons. The van der Waals surface area contributed by atoms with Gasteiger partial charge in [-0.2, -0.15) is 18.6 Å². The molecule has 8 heteroatoms. The summed E-state index contributed by atoms with van der Waals surface area (Å²) in [5, 5.41) is 9.81. The van der Waals surface area contributed by atoms with Crippen molar-refractivity contribution in [3.05, 3.63) is 24.7 Å². The number of aryl methyl sites for hydroxylation is 1. The van der Waals surface area contributed by atoms with Crippen molar-refractivity contribution in [3.8, 4) is 0 Å². The first-order chi connectivity index (χ1) is 7.08. The number of rotatable bonds is 3. The smallest absolute Gasteiger partial charge is 0.275 e. The van der Waals surface area contributed by atoms with Gasteiger partial charge in [-0.25, -0.2) is 0 Å². The maximum atomic E-state index is 11.7. The molecule has 0 unspecified atom stereocenters. The Morgan fingerprint density at radius 3 is 2.87 bits per heavy atom. The van der Waals surface area contributed by atoms with Gasteiger partial charge in [0.15, 0.2) is 5.03 Å². The molecule has 0 amide bonds. The third-order valence-corrected chi connectivity index (χ3v) is 3.03. The molecule has 0 saturated heterocycles. The minimum atomic E-state index is -3.58. The molecule has 7 nitrogen and oxygen atoms in total. The minimum absolute atomic E-state index is 0.0198. The van der Waals surface area contributed by atoms with Crippen molar-refractivity contribution < 1.29 is 8.42 Å². The van der Waals surface area contributed by atoms with E-state index in [9.17, 15) is 8.42 Å². The van der Waals surface area contributed by atoms with Crippen LogP contribution < -0.4 is 4.72 Å². The maximum Gasteiger partial charge on any atom is 0.278 e. The summed E-state index contributed by atoms with van der Waals surface area (Å²) in [6.45, 7) is 0. The van der Waals surface area contributed by atoms with Gasteiger partial charge in [-0.05, 0) is 6.07 Å². The van der Waals surface area contributed by atoms with Crippen molar-refractivity contribution in [2.45, 2.75) is 5.03 Å². The number of anilines is 1. The summed E-state index contributed by atoms with van der Waals surface area (Å²) in [4.78, 5) is 0. The molecule has 80 valence electrons. The van der Waals surface area contributed by atoms with Crippen LogP contribution in [-0.2, 0) is 17.1 Å². The van der Waals surface area contributed by atoms with Gasteiger partial charge in [0.1, 0.15) is 0 Å². The summed E-state index contributed by atoms with van der Waals surface area (Å²) in [5.74, 6) is 0. The molecule has 2 N–H and O–H groups in total. The number of nitrogens with zero attached hydrogens (tertiary/aromatic N) is 3. The number of aromatic nitrogens is 4. The Labute approximate surface area is 86.2 Å². The van der Waals surface area contributed by atoms with Gasteiger partial charge in [-0.15, -0.1) is 0 Å². The summed E-state index contributed by atoms with van der Waals surface area (Å²) in [7, 11) is -1.88. The van der Waals surface area contributed by atoms with Crippen LogP contribution in [0.25, 0.3) is 0 Å². The first-order valence-corrected chi connectivity index (χ1v) is 5.57. The van der Waals surface area contributed by atoms with E-state index in [-0.39, 0.29) is 5.03 Å². The molecule has 0 atom stereocenters. The van der Waals surface area contributed by atoms with E-state index in [1.165, 1.54) is 23.1 Å². The van der Waals surface area contributed by atoms with E-state index < -0.39 is 10.0 Å². The maximum absolute atomic E-state index is 11.7.